The lowest BCUT2D eigenvalue weighted by Gasteiger charge is -2.27. The van der Waals surface area contributed by atoms with Gasteiger partial charge in [0.1, 0.15) is 0 Å². The first-order valence-corrected chi connectivity index (χ1v) is 5.49. The molecule has 0 fully saturated rings. The molecule has 0 aliphatic rings. The molecule has 0 aromatic carbocycles. The maximum Gasteiger partial charge on any atom is 0.304 e. The van der Waals surface area contributed by atoms with Crippen LogP contribution in [0.3, 0.4) is 0 Å². The van der Waals surface area contributed by atoms with E-state index >= 15 is 0 Å². The zero-order valence-corrected chi connectivity index (χ0v) is 9.71. The van der Waals surface area contributed by atoms with E-state index in [1.54, 1.807) is 0 Å². The smallest absolute Gasteiger partial charge is 0.304 e. The summed E-state index contributed by atoms with van der Waals surface area (Å²) < 4.78 is 0. The van der Waals surface area contributed by atoms with Crippen LogP contribution in [0.5, 0.6) is 0 Å². The topological polar surface area (TPSA) is 49.3 Å². The van der Waals surface area contributed by atoms with Crippen LogP contribution in [0.4, 0.5) is 0 Å². The van der Waals surface area contributed by atoms with Gasteiger partial charge in [0.25, 0.3) is 0 Å². The van der Waals surface area contributed by atoms with Gasteiger partial charge < -0.3 is 10.4 Å². The highest BCUT2D eigenvalue weighted by molar-refractivity contribution is 5.67. The summed E-state index contributed by atoms with van der Waals surface area (Å²) in [5, 5.41) is 12.1. The van der Waals surface area contributed by atoms with Gasteiger partial charge >= 0.3 is 5.97 Å². The zero-order chi connectivity index (χ0) is 11.1. The van der Waals surface area contributed by atoms with Crippen LogP contribution in [0.25, 0.3) is 0 Å². The largest absolute Gasteiger partial charge is 0.481 e. The molecular formula is C11H23NO2. The molecule has 0 spiro atoms. The van der Waals surface area contributed by atoms with Crippen molar-refractivity contribution in [3.8, 4) is 0 Å². The Labute approximate surface area is 86.9 Å². The minimum Gasteiger partial charge on any atom is -0.481 e. The van der Waals surface area contributed by atoms with Crippen LogP contribution < -0.4 is 5.32 Å². The van der Waals surface area contributed by atoms with Gasteiger partial charge in [-0.15, -0.1) is 0 Å². The van der Waals surface area contributed by atoms with Crippen molar-refractivity contribution in [1.82, 2.24) is 5.32 Å². The van der Waals surface area contributed by atoms with Crippen LogP contribution in [-0.4, -0.2) is 23.2 Å². The molecule has 0 aliphatic carbocycles. The first kappa shape index (κ1) is 13.4. The fourth-order valence-corrected chi connectivity index (χ4v) is 1.84. The number of carbonyl (C=O) groups is 1. The molecule has 0 aromatic rings. The number of carboxylic acids is 1. The molecule has 0 aliphatic heterocycles. The lowest BCUT2D eigenvalue weighted by molar-refractivity contribution is -0.138. The third kappa shape index (κ3) is 5.22. The molecular weight excluding hydrogens is 178 g/mol. The van der Waals surface area contributed by atoms with Gasteiger partial charge in [0, 0.05) is 12.1 Å². The Balaban J connectivity index is 4.27. The molecule has 0 amide bonds. The summed E-state index contributed by atoms with van der Waals surface area (Å²) in [5.41, 5.74) is 0. The van der Waals surface area contributed by atoms with Crippen molar-refractivity contribution in [2.45, 2.75) is 59.0 Å². The maximum absolute atomic E-state index is 10.7. The average molecular weight is 201 g/mol. The van der Waals surface area contributed by atoms with Gasteiger partial charge in [-0.25, -0.2) is 0 Å². The Kier molecular flexibility index (Phi) is 6.54. The molecule has 2 N–H and O–H groups in total. The lowest BCUT2D eigenvalue weighted by Crippen LogP contribution is -2.41. The van der Waals surface area contributed by atoms with Crippen molar-refractivity contribution in [3.05, 3.63) is 0 Å². The number of aliphatic carboxylic acids is 1. The van der Waals surface area contributed by atoms with E-state index in [1.807, 2.05) is 0 Å². The third-order valence-electron chi connectivity index (χ3n) is 2.56. The zero-order valence-electron chi connectivity index (χ0n) is 9.71. The predicted octanol–water partition coefficient (Wildman–Crippen LogP) is 2.26. The number of hydrogen-bond donors (Lipinski definition) is 2. The monoisotopic (exact) mass is 201 g/mol. The molecule has 1 atom stereocenters. The Bertz CT molecular complexity index is 165. The summed E-state index contributed by atoms with van der Waals surface area (Å²) in [6, 6.07) is 0.461. The number of carboxylic acid groups (broad SMARTS) is 1. The van der Waals surface area contributed by atoms with Gasteiger partial charge in [0.2, 0.25) is 0 Å². The van der Waals surface area contributed by atoms with Gasteiger partial charge in [-0.2, -0.15) is 0 Å². The van der Waals surface area contributed by atoms with Gasteiger partial charge in [-0.1, -0.05) is 40.5 Å². The molecule has 14 heavy (non-hydrogen) atoms. The van der Waals surface area contributed by atoms with Gasteiger partial charge in [0.15, 0.2) is 0 Å². The normalized spacial score (nSPS) is 13.6. The molecule has 0 bridgehead atoms. The van der Waals surface area contributed by atoms with E-state index in [9.17, 15) is 4.79 Å². The minimum atomic E-state index is -0.713. The van der Waals surface area contributed by atoms with E-state index in [-0.39, 0.29) is 12.5 Å². The van der Waals surface area contributed by atoms with E-state index in [1.165, 1.54) is 0 Å². The van der Waals surface area contributed by atoms with E-state index < -0.39 is 5.97 Å². The molecule has 0 saturated heterocycles. The lowest BCUT2D eigenvalue weighted by atomic mass is 9.91. The Morgan fingerprint density at radius 1 is 1.29 bits per heavy atom. The van der Waals surface area contributed by atoms with Gasteiger partial charge in [0.05, 0.1) is 6.42 Å². The van der Waals surface area contributed by atoms with Crippen LogP contribution in [0.2, 0.25) is 0 Å². The SMILES string of the molecule is CCC(CC)C(CC(=O)O)NC(C)C. The second-order valence-corrected chi connectivity index (χ2v) is 4.10. The highest BCUT2D eigenvalue weighted by Crippen LogP contribution is 2.16. The van der Waals surface area contributed by atoms with Gasteiger partial charge in [-0.05, 0) is 5.92 Å². The third-order valence-corrected chi connectivity index (χ3v) is 2.56. The van der Waals surface area contributed by atoms with Crippen molar-refractivity contribution < 1.29 is 9.90 Å². The van der Waals surface area contributed by atoms with E-state index in [4.69, 9.17) is 5.11 Å². The molecule has 3 heteroatoms. The Hall–Kier alpha value is -0.570. The molecule has 0 saturated carbocycles. The summed E-state index contributed by atoms with van der Waals surface area (Å²) >= 11 is 0. The second-order valence-electron chi connectivity index (χ2n) is 4.10. The predicted molar refractivity (Wildman–Crippen MR) is 58.4 cm³/mol. The molecule has 0 radical (unpaired) electrons. The molecule has 0 heterocycles. The molecule has 84 valence electrons. The average Bonchev–Trinajstić information content (AvgIpc) is 2.03. The van der Waals surface area contributed by atoms with Crippen LogP contribution in [0.15, 0.2) is 0 Å². The Morgan fingerprint density at radius 2 is 1.79 bits per heavy atom. The maximum atomic E-state index is 10.7. The summed E-state index contributed by atoms with van der Waals surface area (Å²) in [7, 11) is 0. The van der Waals surface area contributed by atoms with E-state index in [2.05, 4.69) is 33.0 Å². The molecule has 3 nitrogen and oxygen atoms in total. The minimum absolute atomic E-state index is 0.113. The summed E-state index contributed by atoms with van der Waals surface area (Å²) in [6.07, 6.45) is 2.30. The Morgan fingerprint density at radius 3 is 2.07 bits per heavy atom. The fraction of sp³-hybridized carbons (Fsp3) is 0.909. The van der Waals surface area contributed by atoms with Crippen molar-refractivity contribution in [3.63, 3.8) is 0 Å². The number of hydrogen-bond acceptors (Lipinski definition) is 2. The number of rotatable bonds is 7. The van der Waals surface area contributed by atoms with Crippen molar-refractivity contribution >= 4 is 5.97 Å². The van der Waals surface area contributed by atoms with Crippen molar-refractivity contribution in [1.29, 1.82) is 0 Å². The quantitative estimate of drug-likeness (QED) is 0.664. The van der Waals surface area contributed by atoms with Crippen LogP contribution in [0.1, 0.15) is 47.0 Å². The fourth-order valence-electron chi connectivity index (χ4n) is 1.84. The summed E-state index contributed by atoms with van der Waals surface area (Å²) in [6.45, 7) is 8.34. The van der Waals surface area contributed by atoms with Crippen LogP contribution in [-0.2, 0) is 4.79 Å². The summed E-state index contributed by atoms with van der Waals surface area (Å²) in [4.78, 5) is 10.7. The van der Waals surface area contributed by atoms with Crippen molar-refractivity contribution in [2.24, 2.45) is 5.92 Å². The molecule has 1 unspecified atom stereocenters. The molecule has 0 rings (SSSR count). The van der Waals surface area contributed by atoms with E-state index in [0.717, 1.165) is 12.8 Å². The molecule has 0 aromatic heterocycles. The van der Waals surface area contributed by atoms with Crippen LogP contribution in [0, 0.1) is 5.92 Å². The van der Waals surface area contributed by atoms with Crippen molar-refractivity contribution in [2.75, 3.05) is 0 Å². The van der Waals surface area contributed by atoms with E-state index in [0.29, 0.717) is 12.0 Å². The highest BCUT2D eigenvalue weighted by atomic mass is 16.4. The highest BCUT2D eigenvalue weighted by Gasteiger charge is 2.21. The van der Waals surface area contributed by atoms with Crippen LogP contribution >= 0.6 is 0 Å². The first-order chi connectivity index (χ1) is 6.51. The standard InChI is InChI=1S/C11H23NO2/c1-5-9(6-2)10(7-11(13)14)12-8(3)4/h8-10,12H,5-7H2,1-4H3,(H,13,14). The second kappa shape index (κ2) is 6.82. The van der Waals surface area contributed by atoms with Gasteiger partial charge in [-0.3, -0.25) is 4.79 Å². The first-order valence-electron chi connectivity index (χ1n) is 5.49. The number of nitrogens with one attached hydrogen (secondary N) is 1. The summed E-state index contributed by atoms with van der Waals surface area (Å²) in [5.74, 6) is -0.247.